The molecule has 0 unspecified atom stereocenters. The maximum atomic E-state index is 11.5. The number of terminal acetylenes is 1. The van der Waals surface area contributed by atoms with Gasteiger partial charge in [0.15, 0.2) is 0 Å². The third-order valence-corrected chi connectivity index (χ3v) is 2.22. The van der Waals surface area contributed by atoms with E-state index < -0.39 is 11.7 Å². The molecule has 3 nitrogen and oxygen atoms in total. The van der Waals surface area contributed by atoms with Gasteiger partial charge in [0.05, 0.1) is 6.54 Å². The number of amides is 1. The van der Waals surface area contributed by atoms with E-state index >= 15 is 0 Å². The zero-order valence-corrected chi connectivity index (χ0v) is 9.12. The molecule has 1 aromatic rings. The molecule has 0 aromatic heterocycles. The summed E-state index contributed by atoms with van der Waals surface area (Å²) >= 11 is 0. The molecule has 0 fully saturated rings. The Labute approximate surface area is 94.9 Å². The Kier molecular flexibility index (Phi) is 4.28. The smallest absolute Gasteiger partial charge is 0.288 e. The van der Waals surface area contributed by atoms with Crippen molar-refractivity contribution < 1.29 is 9.59 Å². The van der Waals surface area contributed by atoms with Crippen LogP contribution >= 0.6 is 0 Å². The van der Waals surface area contributed by atoms with Crippen LogP contribution in [0.3, 0.4) is 0 Å². The quantitative estimate of drug-likeness (QED) is 0.598. The molecule has 0 aliphatic carbocycles. The Balaban J connectivity index is 2.62. The van der Waals surface area contributed by atoms with E-state index in [-0.39, 0.29) is 13.0 Å². The number of Topliss-reactive ketones (excluding diaryl/α,β-unsaturated/α-hetero) is 1. The summed E-state index contributed by atoms with van der Waals surface area (Å²) in [6.07, 6.45) is 5.09. The summed E-state index contributed by atoms with van der Waals surface area (Å²) in [5.74, 6) is 1.15. The van der Waals surface area contributed by atoms with Crippen molar-refractivity contribution in [1.29, 1.82) is 0 Å². The zero-order chi connectivity index (χ0) is 12.0. The van der Waals surface area contributed by atoms with Crippen LogP contribution in [0.25, 0.3) is 0 Å². The Morgan fingerprint density at radius 1 is 1.38 bits per heavy atom. The van der Waals surface area contributed by atoms with E-state index in [0.717, 1.165) is 11.1 Å². The Hall–Kier alpha value is -2.08. The van der Waals surface area contributed by atoms with Crippen molar-refractivity contribution >= 4 is 11.7 Å². The number of benzene rings is 1. The highest BCUT2D eigenvalue weighted by molar-refractivity contribution is 6.36. The molecule has 1 rings (SSSR count). The standard InChI is InChI=1S/C13H13NO2/c1-3-8-14-13(16)12(15)9-11-7-5-4-6-10(11)2/h1,4-7H,8-9H2,2H3,(H,14,16). The normalized spacial score (nSPS) is 9.25. The first kappa shape index (κ1) is 12.0. The number of carbonyl (C=O) groups excluding carboxylic acids is 2. The van der Waals surface area contributed by atoms with Gasteiger partial charge in [-0.05, 0) is 18.1 Å². The predicted octanol–water partition coefficient (Wildman–Crippen LogP) is 0.856. The van der Waals surface area contributed by atoms with Gasteiger partial charge in [-0.3, -0.25) is 9.59 Å². The fourth-order valence-corrected chi connectivity index (χ4v) is 1.29. The maximum absolute atomic E-state index is 11.5. The molecule has 0 bridgehead atoms. The van der Waals surface area contributed by atoms with Gasteiger partial charge in [0, 0.05) is 6.42 Å². The van der Waals surface area contributed by atoms with Crippen molar-refractivity contribution in [2.24, 2.45) is 0 Å². The van der Waals surface area contributed by atoms with E-state index in [1.54, 1.807) is 0 Å². The molecule has 0 aliphatic heterocycles. The van der Waals surface area contributed by atoms with E-state index in [1.807, 2.05) is 31.2 Å². The fourth-order valence-electron chi connectivity index (χ4n) is 1.29. The molecule has 16 heavy (non-hydrogen) atoms. The van der Waals surface area contributed by atoms with Gasteiger partial charge in [-0.1, -0.05) is 30.2 Å². The molecule has 0 saturated carbocycles. The van der Waals surface area contributed by atoms with Crippen molar-refractivity contribution in [3.63, 3.8) is 0 Å². The minimum atomic E-state index is -0.624. The second-order valence-corrected chi connectivity index (χ2v) is 3.41. The fraction of sp³-hybridized carbons (Fsp3) is 0.231. The van der Waals surface area contributed by atoms with Crippen molar-refractivity contribution in [3.05, 3.63) is 35.4 Å². The molecule has 1 amide bonds. The van der Waals surface area contributed by atoms with Crippen LogP contribution in [0.5, 0.6) is 0 Å². The van der Waals surface area contributed by atoms with Gasteiger partial charge in [0.2, 0.25) is 5.78 Å². The van der Waals surface area contributed by atoms with Gasteiger partial charge < -0.3 is 5.32 Å². The first-order valence-electron chi connectivity index (χ1n) is 4.94. The third-order valence-electron chi connectivity index (χ3n) is 2.22. The minimum absolute atomic E-state index is 0.0817. The van der Waals surface area contributed by atoms with E-state index in [4.69, 9.17) is 6.42 Å². The number of ketones is 1. The number of rotatable bonds is 4. The molecule has 0 atom stereocenters. The molecule has 0 saturated heterocycles. The number of hydrogen-bond acceptors (Lipinski definition) is 2. The van der Waals surface area contributed by atoms with Gasteiger partial charge in [-0.15, -0.1) is 6.42 Å². The van der Waals surface area contributed by atoms with Crippen LogP contribution in [0.15, 0.2) is 24.3 Å². The predicted molar refractivity (Wildman–Crippen MR) is 61.7 cm³/mol. The lowest BCUT2D eigenvalue weighted by Gasteiger charge is -2.04. The van der Waals surface area contributed by atoms with Crippen molar-refractivity contribution in [1.82, 2.24) is 5.32 Å². The van der Waals surface area contributed by atoms with E-state index in [2.05, 4.69) is 11.2 Å². The lowest BCUT2D eigenvalue weighted by atomic mass is 10.0. The highest BCUT2D eigenvalue weighted by Crippen LogP contribution is 2.07. The number of carbonyl (C=O) groups is 2. The van der Waals surface area contributed by atoms with E-state index in [1.165, 1.54) is 0 Å². The van der Waals surface area contributed by atoms with E-state index in [9.17, 15) is 9.59 Å². The molecule has 0 spiro atoms. The van der Waals surface area contributed by atoms with Crippen LogP contribution in [0.1, 0.15) is 11.1 Å². The summed E-state index contributed by atoms with van der Waals surface area (Å²) in [5, 5.41) is 2.35. The highest BCUT2D eigenvalue weighted by atomic mass is 16.2. The molecular formula is C13H13NO2. The molecule has 3 heteroatoms. The topological polar surface area (TPSA) is 46.2 Å². The molecule has 0 radical (unpaired) electrons. The number of nitrogens with one attached hydrogen (secondary N) is 1. The molecule has 1 aromatic carbocycles. The number of aryl methyl sites for hydroxylation is 1. The summed E-state index contributed by atoms with van der Waals surface area (Å²) in [7, 11) is 0. The van der Waals surface area contributed by atoms with Crippen LogP contribution in [-0.2, 0) is 16.0 Å². The zero-order valence-electron chi connectivity index (χ0n) is 9.12. The summed E-state index contributed by atoms with van der Waals surface area (Å²) in [6.45, 7) is 1.99. The third kappa shape index (κ3) is 3.25. The first-order chi connectivity index (χ1) is 7.65. The number of hydrogen-bond donors (Lipinski definition) is 1. The SMILES string of the molecule is C#CCNC(=O)C(=O)Cc1ccccc1C. The van der Waals surface area contributed by atoms with Gasteiger partial charge in [-0.2, -0.15) is 0 Å². The van der Waals surface area contributed by atoms with Crippen molar-refractivity contribution in [2.45, 2.75) is 13.3 Å². The largest absolute Gasteiger partial charge is 0.339 e. The lowest BCUT2D eigenvalue weighted by Crippen LogP contribution is -2.32. The molecule has 82 valence electrons. The van der Waals surface area contributed by atoms with Crippen LogP contribution in [0.2, 0.25) is 0 Å². The minimum Gasteiger partial charge on any atom is -0.339 e. The summed E-state index contributed by atoms with van der Waals surface area (Å²) < 4.78 is 0. The molecule has 1 N–H and O–H groups in total. The second kappa shape index (κ2) is 5.72. The van der Waals surface area contributed by atoms with Gasteiger partial charge >= 0.3 is 0 Å². The molecular weight excluding hydrogens is 202 g/mol. The maximum Gasteiger partial charge on any atom is 0.288 e. The molecule has 0 heterocycles. The summed E-state index contributed by atoms with van der Waals surface area (Å²) in [4.78, 5) is 22.8. The van der Waals surface area contributed by atoms with Crippen LogP contribution in [-0.4, -0.2) is 18.2 Å². The van der Waals surface area contributed by atoms with E-state index in [0.29, 0.717) is 0 Å². The Morgan fingerprint density at radius 2 is 2.06 bits per heavy atom. The Bertz CT molecular complexity index is 443. The summed E-state index contributed by atoms with van der Waals surface area (Å²) in [6, 6.07) is 7.47. The summed E-state index contributed by atoms with van der Waals surface area (Å²) in [5.41, 5.74) is 1.86. The average molecular weight is 215 g/mol. The van der Waals surface area contributed by atoms with Gasteiger partial charge in [-0.25, -0.2) is 0 Å². The van der Waals surface area contributed by atoms with Crippen LogP contribution < -0.4 is 5.32 Å². The van der Waals surface area contributed by atoms with Gasteiger partial charge in [0.25, 0.3) is 5.91 Å². The monoisotopic (exact) mass is 215 g/mol. The van der Waals surface area contributed by atoms with Crippen molar-refractivity contribution in [2.75, 3.05) is 6.54 Å². The van der Waals surface area contributed by atoms with Gasteiger partial charge in [0.1, 0.15) is 0 Å². The average Bonchev–Trinajstić information content (AvgIpc) is 2.28. The lowest BCUT2D eigenvalue weighted by molar-refractivity contribution is -0.137. The highest BCUT2D eigenvalue weighted by Gasteiger charge is 2.13. The first-order valence-corrected chi connectivity index (χ1v) is 4.94. The van der Waals surface area contributed by atoms with Crippen LogP contribution in [0, 0.1) is 19.3 Å². The van der Waals surface area contributed by atoms with Crippen molar-refractivity contribution in [3.8, 4) is 12.3 Å². The Morgan fingerprint density at radius 3 is 2.69 bits per heavy atom. The molecule has 0 aliphatic rings. The second-order valence-electron chi connectivity index (χ2n) is 3.41. The van der Waals surface area contributed by atoms with Crippen LogP contribution in [0.4, 0.5) is 0 Å².